The summed E-state index contributed by atoms with van der Waals surface area (Å²) in [5.74, 6) is 1.19. The summed E-state index contributed by atoms with van der Waals surface area (Å²) in [5.41, 5.74) is 0. The zero-order chi connectivity index (χ0) is 17.1. The van der Waals surface area contributed by atoms with Gasteiger partial charge in [-0.3, -0.25) is 4.79 Å². The molecule has 0 aromatic rings. The molecule has 0 aromatic heterocycles. The average molecular weight is 344 g/mol. The highest BCUT2D eigenvalue weighted by molar-refractivity contribution is 8.00. The van der Waals surface area contributed by atoms with E-state index in [1.165, 1.54) is 12.8 Å². The molecule has 2 fully saturated rings. The van der Waals surface area contributed by atoms with Crippen LogP contribution in [-0.4, -0.2) is 41.6 Å². The fourth-order valence-electron chi connectivity index (χ4n) is 2.97. The van der Waals surface area contributed by atoms with Gasteiger partial charge in [-0.1, -0.05) is 40.0 Å². The molecule has 0 aromatic carbocycles. The molecule has 5 nitrogen and oxygen atoms in total. The van der Waals surface area contributed by atoms with Gasteiger partial charge in [-0.05, 0) is 19.3 Å². The zero-order valence-corrected chi connectivity index (χ0v) is 15.6. The molecule has 0 saturated carbocycles. The van der Waals surface area contributed by atoms with E-state index < -0.39 is 0 Å². The molecule has 2 saturated heterocycles. The van der Waals surface area contributed by atoms with Crippen molar-refractivity contribution in [1.82, 2.24) is 16.0 Å². The molecule has 0 radical (unpaired) electrons. The van der Waals surface area contributed by atoms with Crippen molar-refractivity contribution in [2.75, 3.05) is 12.3 Å². The van der Waals surface area contributed by atoms with Crippen molar-refractivity contribution < 1.29 is 9.59 Å². The molecule has 134 valence electrons. The third-order valence-corrected chi connectivity index (χ3v) is 5.69. The molecule has 2 rings (SSSR count). The van der Waals surface area contributed by atoms with Crippen molar-refractivity contribution in [2.45, 2.75) is 83.1 Å². The molecule has 23 heavy (non-hydrogen) atoms. The van der Waals surface area contributed by atoms with Crippen LogP contribution in [0.2, 0.25) is 0 Å². The second-order valence-corrected chi connectivity index (χ2v) is 7.20. The standard InChI is InChI=1S/C15H27N3O2S.C2H6/c1-2-3-6-9-16-13(19)8-5-4-7-12-14-11(10-21-12)17-15(20)18-14;1-2/h11-12,14H,2-10H2,1H3,(H,16,19)(H2,17,18,20);1-2H3/t11?,12-,14?;/m0./s1. The third-order valence-electron chi connectivity index (χ3n) is 4.18. The number of urea groups is 1. The lowest BCUT2D eigenvalue weighted by molar-refractivity contribution is -0.121. The Morgan fingerprint density at radius 1 is 1.22 bits per heavy atom. The molecule has 0 spiro atoms. The molecule has 3 N–H and O–H groups in total. The number of thioether (sulfide) groups is 1. The van der Waals surface area contributed by atoms with Crippen LogP contribution < -0.4 is 16.0 Å². The van der Waals surface area contributed by atoms with E-state index in [2.05, 4.69) is 22.9 Å². The Bertz CT molecular complexity index is 366. The first-order chi connectivity index (χ1) is 11.2. The second kappa shape index (κ2) is 11.6. The maximum absolute atomic E-state index is 11.6. The second-order valence-electron chi connectivity index (χ2n) is 5.92. The Morgan fingerprint density at radius 2 is 2.00 bits per heavy atom. The predicted octanol–water partition coefficient (Wildman–Crippen LogP) is 3.04. The first kappa shape index (κ1) is 20.1. The van der Waals surface area contributed by atoms with E-state index >= 15 is 0 Å². The molecule has 6 heteroatoms. The van der Waals surface area contributed by atoms with Gasteiger partial charge in [0.2, 0.25) is 5.91 Å². The highest BCUT2D eigenvalue weighted by atomic mass is 32.2. The summed E-state index contributed by atoms with van der Waals surface area (Å²) in [6.45, 7) is 6.97. The van der Waals surface area contributed by atoms with Crippen LogP contribution in [0.4, 0.5) is 4.79 Å². The molecule has 2 aliphatic heterocycles. The summed E-state index contributed by atoms with van der Waals surface area (Å²) < 4.78 is 0. The molecule has 2 heterocycles. The van der Waals surface area contributed by atoms with E-state index in [1.54, 1.807) is 0 Å². The first-order valence-electron chi connectivity index (χ1n) is 9.16. The SMILES string of the molecule is CC.CCCCCNC(=O)CCCC[C@@H]1SCC2NC(=O)NC21. The molecule has 3 amide bonds. The van der Waals surface area contributed by atoms with Gasteiger partial charge in [-0.2, -0.15) is 11.8 Å². The van der Waals surface area contributed by atoms with E-state index in [1.807, 2.05) is 25.6 Å². The Hall–Kier alpha value is -0.910. The maximum atomic E-state index is 11.6. The molecule has 0 aliphatic carbocycles. The maximum Gasteiger partial charge on any atom is 0.315 e. The quantitative estimate of drug-likeness (QED) is 0.445. The van der Waals surface area contributed by atoms with E-state index in [0.29, 0.717) is 17.7 Å². The fraction of sp³-hybridized carbons (Fsp3) is 0.882. The van der Waals surface area contributed by atoms with Gasteiger partial charge in [0.15, 0.2) is 0 Å². The van der Waals surface area contributed by atoms with Gasteiger partial charge < -0.3 is 16.0 Å². The minimum Gasteiger partial charge on any atom is -0.356 e. The zero-order valence-electron chi connectivity index (χ0n) is 14.8. The Kier molecular flexibility index (Phi) is 10.2. The van der Waals surface area contributed by atoms with Gasteiger partial charge in [0.1, 0.15) is 0 Å². The molecular formula is C17H33N3O2S. The van der Waals surface area contributed by atoms with Gasteiger partial charge >= 0.3 is 6.03 Å². The van der Waals surface area contributed by atoms with E-state index in [4.69, 9.17) is 0 Å². The largest absolute Gasteiger partial charge is 0.356 e. The lowest BCUT2D eigenvalue weighted by Gasteiger charge is -2.16. The Balaban J connectivity index is 0.00000127. The number of fused-ring (bicyclic) bond motifs is 1. The topological polar surface area (TPSA) is 70.2 Å². The van der Waals surface area contributed by atoms with Crippen LogP contribution in [0, 0.1) is 0 Å². The average Bonchev–Trinajstić information content (AvgIpc) is 3.10. The van der Waals surface area contributed by atoms with Crippen molar-refractivity contribution in [3.8, 4) is 0 Å². The van der Waals surface area contributed by atoms with Crippen LogP contribution >= 0.6 is 11.8 Å². The lowest BCUT2D eigenvalue weighted by atomic mass is 10.0. The number of amides is 3. The van der Waals surface area contributed by atoms with Gasteiger partial charge in [-0.25, -0.2) is 4.79 Å². The Morgan fingerprint density at radius 3 is 2.74 bits per heavy atom. The van der Waals surface area contributed by atoms with E-state index in [0.717, 1.165) is 38.0 Å². The molecule has 3 atom stereocenters. The van der Waals surface area contributed by atoms with Gasteiger partial charge in [0.05, 0.1) is 12.1 Å². The lowest BCUT2D eigenvalue weighted by Crippen LogP contribution is -2.36. The van der Waals surface area contributed by atoms with Crippen molar-refractivity contribution in [2.24, 2.45) is 0 Å². The van der Waals surface area contributed by atoms with Gasteiger partial charge in [0, 0.05) is 24.0 Å². The highest BCUT2D eigenvalue weighted by Gasteiger charge is 2.42. The minimum absolute atomic E-state index is 0.0262. The number of carbonyl (C=O) groups is 2. The van der Waals surface area contributed by atoms with Crippen molar-refractivity contribution in [3.63, 3.8) is 0 Å². The normalized spacial score (nSPS) is 25.0. The highest BCUT2D eigenvalue weighted by Crippen LogP contribution is 2.33. The van der Waals surface area contributed by atoms with Crippen molar-refractivity contribution in [1.29, 1.82) is 0 Å². The van der Waals surface area contributed by atoms with Crippen LogP contribution in [-0.2, 0) is 4.79 Å². The van der Waals surface area contributed by atoms with Crippen LogP contribution in [0.25, 0.3) is 0 Å². The fourth-order valence-corrected chi connectivity index (χ4v) is 4.51. The van der Waals surface area contributed by atoms with Crippen LogP contribution in [0.5, 0.6) is 0 Å². The minimum atomic E-state index is -0.0262. The number of nitrogens with one attached hydrogen (secondary N) is 3. The third kappa shape index (κ3) is 7.02. The summed E-state index contributed by atoms with van der Waals surface area (Å²) >= 11 is 1.94. The number of unbranched alkanes of at least 4 members (excludes halogenated alkanes) is 3. The summed E-state index contributed by atoms with van der Waals surface area (Å²) in [6.07, 6.45) is 7.15. The summed E-state index contributed by atoms with van der Waals surface area (Å²) in [4.78, 5) is 22.9. The van der Waals surface area contributed by atoms with Crippen molar-refractivity contribution in [3.05, 3.63) is 0 Å². The number of hydrogen-bond donors (Lipinski definition) is 3. The summed E-state index contributed by atoms with van der Waals surface area (Å²) in [6, 6.07) is 0.557. The predicted molar refractivity (Wildman–Crippen MR) is 97.8 cm³/mol. The van der Waals surface area contributed by atoms with Crippen LogP contribution in [0.1, 0.15) is 65.7 Å². The van der Waals surface area contributed by atoms with Crippen LogP contribution in [0.15, 0.2) is 0 Å². The van der Waals surface area contributed by atoms with E-state index in [-0.39, 0.29) is 18.0 Å². The molecule has 2 unspecified atom stereocenters. The summed E-state index contributed by atoms with van der Waals surface area (Å²) in [5, 5.41) is 9.44. The number of hydrogen-bond acceptors (Lipinski definition) is 3. The van der Waals surface area contributed by atoms with Gasteiger partial charge in [-0.15, -0.1) is 0 Å². The Labute approximate surface area is 145 Å². The van der Waals surface area contributed by atoms with Crippen LogP contribution in [0.3, 0.4) is 0 Å². The van der Waals surface area contributed by atoms with Gasteiger partial charge in [0.25, 0.3) is 0 Å². The number of rotatable bonds is 9. The molecular weight excluding hydrogens is 310 g/mol. The van der Waals surface area contributed by atoms with Crippen molar-refractivity contribution >= 4 is 23.7 Å². The molecule has 0 bridgehead atoms. The molecule has 2 aliphatic rings. The summed E-state index contributed by atoms with van der Waals surface area (Å²) in [7, 11) is 0. The van der Waals surface area contributed by atoms with E-state index in [9.17, 15) is 9.59 Å². The monoisotopic (exact) mass is 343 g/mol. The number of carbonyl (C=O) groups excluding carboxylic acids is 2. The smallest absolute Gasteiger partial charge is 0.315 e. The first-order valence-corrected chi connectivity index (χ1v) is 10.2.